The van der Waals surface area contributed by atoms with Crippen molar-refractivity contribution >= 4 is 11.8 Å². The lowest BCUT2D eigenvalue weighted by Crippen LogP contribution is -2.07. The Morgan fingerprint density at radius 3 is 3.06 bits per heavy atom. The van der Waals surface area contributed by atoms with Gasteiger partial charge in [-0.25, -0.2) is 9.67 Å². The molecule has 2 aromatic rings. The number of pyridine rings is 1. The van der Waals surface area contributed by atoms with E-state index in [1.54, 1.807) is 6.20 Å². The molecule has 1 saturated carbocycles. The van der Waals surface area contributed by atoms with E-state index in [0.717, 1.165) is 28.6 Å². The highest BCUT2D eigenvalue weighted by Gasteiger charge is 2.28. The molecule has 0 aromatic carbocycles. The first-order chi connectivity index (χ1) is 8.75. The Morgan fingerprint density at radius 2 is 2.33 bits per heavy atom. The zero-order chi connectivity index (χ0) is 12.5. The Hall–Kier alpha value is -1.47. The highest BCUT2D eigenvalue weighted by molar-refractivity contribution is 7.99. The van der Waals surface area contributed by atoms with Gasteiger partial charge in [0.15, 0.2) is 0 Å². The maximum Gasteiger partial charge on any atom is 0.215 e. The van der Waals surface area contributed by atoms with Crippen LogP contribution in [-0.2, 0) is 0 Å². The molecule has 1 atom stereocenters. The summed E-state index contributed by atoms with van der Waals surface area (Å²) in [5.74, 6) is 0. The molecule has 1 unspecified atom stereocenters. The molecule has 2 N–H and O–H groups in total. The topological polar surface area (TPSA) is 82.5 Å². The minimum absolute atomic E-state index is 0.0496. The average Bonchev–Trinajstić information content (AvgIpc) is 3.11. The summed E-state index contributed by atoms with van der Waals surface area (Å²) in [5.41, 5.74) is 6.96. The monoisotopic (exact) mass is 262 g/mol. The number of hydrogen-bond donors (Lipinski definition) is 1. The van der Waals surface area contributed by atoms with Crippen LogP contribution in [0.25, 0.3) is 0 Å². The van der Waals surface area contributed by atoms with Crippen LogP contribution in [0.3, 0.4) is 0 Å². The lowest BCUT2D eigenvalue weighted by atomic mass is 10.2. The largest absolute Gasteiger partial charge is 0.324 e. The normalized spacial score (nSPS) is 16.8. The fourth-order valence-corrected chi connectivity index (χ4v) is 2.74. The Balaban J connectivity index is 1.89. The van der Waals surface area contributed by atoms with E-state index in [1.165, 1.54) is 11.8 Å². The van der Waals surface area contributed by atoms with E-state index in [-0.39, 0.29) is 6.04 Å². The van der Waals surface area contributed by atoms with Crippen molar-refractivity contribution in [3.05, 3.63) is 23.9 Å². The maximum atomic E-state index is 5.94. The van der Waals surface area contributed by atoms with Crippen molar-refractivity contribution in [2.24, 2.45) is 5.73 Å². The molecule has 1 aliphatic rings. The molecule has 6 nitrogen and oxygen atoms in total. The maximum absolute atomic E-state index is 5.94. The SMILES string of the molecule is CC(N)c1cccnc1Sc1nnnn1C1CC1. The second-order valence-corrected chi connectivity index (χ2v) is 5.38. The molecule has 0 saturated heterocycles. The highest BCUT2D eigenvalue weighted by Crippen LogP contribution is 2.38. The molecule has 7 heteroatoms. The van der Waals surface area contributed by atoms with Crippen LogP contribution in [-0.4, -0.2) is 25.2 Å². The van der Waals surface area contributed by atoms with Gasteiger partial charge in [-0.15, -0.1) is 5.10 Å². The van der Waals surface area contributed by atoms with Crippen molar-refractivity contribution in [1.82, 2.24) is 25.2 Å². The summed E-state index contributed by atoms with van der Waals surface area (Å²) in [6, 6.07) is 4.30. The molecule has 0 aliphatic heterocycles. The Bertz CT molecular complexity index is 548. The summed E-state index contributed by atoms with van der Waals surface area (Å²) in [6.07, 6.45) is 4.07. The first kappa shape index (κ1) is 11.6. The number of rotatable bonds is 4. The van der Waals surface area contributed by atoms with E-state index in [2.05, 4.69) is 20.5 Å². The number of nitrogens with two attached hydrogens (primary N) is 1. The Morgan fingerprint density at radius 1 is 1.50 bits per heavy atom. The van der Waals surface area contributed by atoms with Gasteiger partial charge in [-0.2, -0.15) is 0 Å². The number of tetrazole rings is 1. The molecule has 3 rings (SSSR count). The van der Waals surface area contributed by atoms with Crippen LogP contribution in [0, 0.1) is 0 Å². The van der Waals surface area contributed by atoms with Crippen LogP contribution >= 0.6 is 11.8 Å². The van der Waals surface area contributed by atoms with Crippen LogP contribution in [0.4, 0.5) is 0 Å². The standard InChI is InChI=1S/C11H14N6S/c1-7(12)9-3-2-6-13-10(9)18-11-14-15-16-17(11)8-4-5-8/h2-3,6-8H,4-5,12H2,1H3. The van der Waals surface area contributed by atoms with E-state index in [1.807, 2.05) is 23.7 Å². The molecular formula is C11H14N6S. The van der Waals surface area contributed by atoms with Crippen LogP contribution in [0.15, 0.2) is 28.5 Å². The smallest absolute Gasteiger partial charge is 0.215 e. The predicted molar refractivity (Wildman–Crippen MR) is 67.1 cm³/mol. The second kappa shape index (κ2) is 4.66. The van der Waals surface area contributed by atoms with Crippen molar-refractivity contribution in [3.8, 4) is 0 Å². The van der Waals surface area contributed by atoms with Crippen molar-refractivity contribution < 1.29 is 0 Å². The average molecular weight is 262 g/mol. The summed E-state index contributed by atoms with van der Waals surface area (Å²) in [6.45, 7) is 1.95. The third-order valence-corrected chi connectivity index (χ3v) is 3.82. The molecular weight excluding hydrogens is 248 g/mol. The van der Waals surface area contributed by atoms with Crippen molar-refractivity contribution in [3.63, 3.8) is 0 Å². The van der Waals surface area contributed by atoms with Gasteiger partial charge in [0.1, 0.15) is 5.03 Å². The molecule has 0 bridgehead atoms. The number of aromatic nitrogens is 5. The van der Waals surface area contributed by atoms with Crippen LogP contribution in [0.1, 0.15) is 37.4 Å². The lowest BCUT2D eigenvalue weighted by Gasteiger charge is -2.10. The van der Waals surface area contributed by atoms with Gasteiger partial charge in [0, 0.05) is 17.8 Å². The summed E-state index contributed by atoms with van der Waals surface area (Å²) in [7, 11) is 0. The van der Waals surface area contributed by atoms with Gasteiger partial charge in [0.25, 0.3) is 0 Å². The molecule has 0 spiro atoms. The van der Waals surface area contributed by atoms with Gasteiger partial charge < -0.3 is 5.73 Å². The second-order valence-electron chi connectivity index (χ2n) is 4.43. The molecule has 2 aromatic heterocycles. The third kappa shape index (κ3) is 2.23. The Kier molecular flexibility index (Phi) is 3.00. The van der Waals surface area contributed by atoms with E-state index in [9.17, 15) is 0 Å². The highest BCUT2D eigenvalue weighted by atomic mass is 32.2. The predicted octanol–water partition coefficient (Wildman–Crippen LogP) is 1.57. The first-order valence-corrected chi connectivity index (χ1v) is 6.73. The molecule has 0 radical (unpaired) electrons. The van der Waals surface area contributed by atoms with Crippen LogP contribution in [0.2, 0.25) is 0 Å². The minimum atomic E-state index is -0.0496. The first-order valence-electron chi connectivity index (χ1n) is 5.92. The van der Waals surface area contributed by atoms with Crippen molar-refractivity contribution in [2.75, 3.05) is 0 Å². The summed E-state index contributed by atoms with van der Waals surface area (Å²) in [5, 5.41) is 13.5. The van der Waals surface area contributed by atoms with Gasteiger partial charge in [-0.05, 0) is 48.0 Å². The van der Waals surface area contributed by atoms with Gasteiger partial charge in [-0.1, -0.05) is 6.07 Å². The van der Waals surface area contributed by atoms with Gasteiger partial charge in [0.05, 0.1) is 6.04 Å². The number of hydrogen-bond acceptors (Lipinski definition) is 6. The molecule has 2 heterocycles. The minimum Gasteiger partial charge on any atom is -0.324 e. The van der Waals surface area contributed by atoms with E-state index >= 15 is 0 Å². The molecule has 94 valence electrons. The quantitative estimate of drug-likeness (QED) is 0.900. The van der Waals surface area contributed by atoms with Crippen LogP contribution < -0.4 is 5.73 Å². The lowest BCUT2D eigenvalue weighted by molar-refractivity contribution is 0.565. The number of nitrogens with zero attached hydrogens (tertiary/aromatic N) is 5. The zero-order valence-electron chi connectivity index (χ0n) is 10.0. The van der Waals surface area contributed by atoms with Gasteiger partial charge in [0.2, 0.25) is 5.16 Å². The van der Waals surface area contributed by atoms with Crippen molar-refractivity contribution in [1.29, 1.82) is 0 Å². The molecule has 1 aliphatic carbocycles. The fourth-order valence-electron chi connectivity index (χ4n) is 1.72. The van der Waals surface area contributed by atoms with Crippen LogP contribution in [0.5, 0.6) is 0 Å². The van der Waals surface area contributed by atoms with E-state index in [4.69, 9.17) is 5.73 Å². The van der Waals surface area contributed by atoms with Gasteiger partial charge >= 0.3 is 0 Å². The summed E-state index contributed by atoms with van der Waals surface area (Å²) in [4.78, 5) is 4.37. The zero-order valence-corrected chi connectivity index (χ0v) is 10.8. The molecule has 0 amide bonds. The van der Waals surface area contributed by atoms with Gasteiger partial charge in [-0.3, -0.25) is 0 Å². The summed E-state index contributed by atoms with van der Waals surface area (Å²) >= 11 is 1.48. The summed E-state index contributed by atoms with van der Waals surface area (Å²) < 4.78 is 1.88. The van der Waals surface area contributed by atoms with E-state index in [0.29, 0.717) is 6.04 Å². The van der Waals surface area contributed by atoms with E-state index < -0.39 is 0 Å². The molecule has 18 heavy (non-hydrogen) atoms. The fraction of sp³-hybridized carbons (Fsp3) is 0.455. The van der Waals surface area contributed by atoms with Crippen molar-refractivity contribution in [2.45, 2.75) is 42.0 Å². The Labute approximate surface area is 109 Å². The third-order valence-electron chi connectivity index (χ3n) is 2.83. The molecule has 1 fully saturated rings.